The third-order valence-corrected chi connectivity index (χ3v) is 7.19. The number of rotatable bonds is 1. The fourth-order valence-electron chi connectivity index (χ4n) is 6.03. The minimum absolute atomic E-state index is 0.0724. The van der Waals surface area contributed by atoms with Gasteiger partial charge in [0.1, 0.15) is 5.75 Å². The zero-order chi connectivity index (χ0) is 15.5. The second-order valence-electron chi connectivity index (χ2n) is 8.07. The molecule has 4 rings (SSSR count). The van der Waals surface area contributed by atoms with Gasteiger partial charge in [0.15, 0.2) is 0 Å². The summed E-state index contributed by atoms with van der Waals surface area (Å²) in [5.41, 5.74) is 4.71. The van der Waals surface area contributed by atoms with Crippen molar-refractivity contribution < 1.29 is 9.84 Å². The quantitative estimate of drug-likeness (QED) is 0.841. The second-order valence-corrected chi connectivity index (χ2v) is 8.07. The van der Waals surface area contributed by atoms with Crippen LogP contribution < -0.4 is 4.74 Å². The van der Waals surface area contributed by atoms with Gasteiger partial charge in [0.25, 0.3) is 0 Å². The van der Waals surface area contributed by atoms with Crippen molar-refractivity contribution >= 4 is 0 Å². The van der Waals surface area contributed by atoms with Crippen molar-refractivity contribution in [3.8, 4) is 5.75 Å². The Morgan fingerprint density at radius 1 is 1.18 bits per heavy atom. The zero-order valence-corrected chi connectivity index (χ0v) is 14.1. The first-order valence-electron chi connectivity index (χ1n) is 8.90. The lowest BCUT2D eigenvalue weighted by Crippen LogP contribution is -2.44. The van der Waals surface area contributed by atoms with Crippen molar-refractivity contribution in [1.29, 1.82) is 0 Å². The average molecular weight is 300 g/mol. The molecule has 3 aliphatic rings. The fraction of sp³-hybridized carbons (Fsp3) is 0.700. The molecule has 0 aromatic heterocycles. The summed E-state index contributed by atoms with van der Waals surface area (Å²) in [4.78, 5) is 0. The molecule has 1 aromatic rings. The van der Waals surface area contributed by atoms with Gasteiger partial charge in [-0.05, 0) is 97.4 Å². The Kier molecular flexibility index (Phi) is 3.30. The number of hydrogen-bond donors (Lipinski definition) is 1. The zero-order valence-electron chi connectivity index (χ0n) is 14.1. The standard InChI is InChI=1S/C20H28O2/c1-12-10-14(22-3)11-13-4-5-15-16(19(12)13)8-9-20(2)17(15)6-7-18(20)21/h10-11,15-18,21H,4-9H2,1-3H3/t15-,16+,17-,18+,20-/m1/s1. The van der Waals surface area contributed by atoms with E-state index in [1.54, 1.807) is 12.7 Å². The van der Waals surface area contributed by atoms with Crippen LogP contribution >= 0.6 is 0 Å². The molecule has 0 bridgehead atoms. The Hall–Kier alpha value is -1.02. The van der Waals surface area contributed by atoms with E-state index in [0.717, 1.165) is 24.0 Å². The van der Waals surface area contributed by atoms with E-state index in [9.17, 15) is 5.11 Å². The molecule has 22 heavy (non-hydrogen) atoms. The predicted molar refractivity (Wildman–Crippen MR) is 88.4 cm³/mol. The Morgan fingerprint density at radius 2 is 2.00 bits per heavy atom. The number of aryl methyl sites for hydroxylation is 2. The average Bonchev–Trinajstić information content (AvgIpc) is 2.82. The van der Waals surface area contributed by atoms with Gasteiger partial charge < -0.3 is 9.84 Å². The van der Waals surface area contributed by atoms with Crippen LogP contribution in [0.5, 0.6) is 5.75 Å². The summed E-state index contributed by atoms with van der Waals surface area (Å²) in [7, 11) is 1.76. The molecule has 2 nitrogen and oxygen atoms in total. The van der Waals surface area contributed by atoms with Gasteiger partial charge in [-0.2, -0.15) is 0 Å². The molecule has 0 amide bonds. The normalized spacial score (nSPS) is 39.8. The molecule has 1 N–H and O–H groups in total. The highest BCUT2D eigenvalue weighted by molar-refractivity contribution is 5.46. The van der Waals surface area contributed by atoms with Crippen LogP contribution in [0.2, 0.25) is 0 Å². The first kappa shape index (κ1) is 14.6. The summed E-state index contributed by atoms with van der Waals surface area (Å²) in [6.45, 7) is 4.60. The summed E-state index contributed by atoms with van der Waals surface area (Å²) >= 11 is 0. The van der Waals surface area contributed by atoms with Crippen LogP contribution in [0.15, 0.2) is 12.1 Å². The highest BCUT2D eigenvalue weighted by Crippen LogP contribution is 2.61. The number of fused-ring (bicyclic) bond motifs is 5. The van der Waals surface area contributed by atoms with Gasteiger partial charge in [0.05, 0.1) is 13.2 Å². The Morgan fingerprint density at radius 3 is 2.77 bits per heavy atom. The number of ether oxygens (including phenoxy) is 1. The van der Waals surface area contributed by atoms with Crippen LogP contribution in [0.4, 0.5) is 0 Å². The minimum atomic E-state index is -0.0724. The predicted octanol–water partition coefficient (Wildman–Crippen LogP) is 4.22. The molecule has 0 saturated heterocycles. The summed E-state index contributed by atoms with van der Waals surface area (Å²) in [5, 5.41) is 10.5. The van der Waals surface area contributed by atoms with Crippen molar-refractivity contribution in [3.63, 3.8) is 0 Å². The maximum absolute atomic E-state index is 10.5. The van der Waals surface area contributed by atoms with E-state index in [0.29, 0.717) is 5.92 Å². The highest BCUT2D eigenvalue weighted by atomic mass is 16.5. The molecule has 120 valence electrons. The van der Waals surface area contributed by atoms with Gasteiger partial charge in [-0.3, -0.25) is 0 Å². The summed E-state index contributed by atoms with van der Waals surface area (Å²) < 4.78 is 5.46. The lowest BCUT2D eigenvalue weighted by atomic mass is 9.55. The second kappa shape index (κ2) is 4.99. The summed E-state index contributed by atoms with van der Waals surface area (Å²) in [6, 6.07) is 4.47. The largest absolute Gasteiger partial charge is 0.497 e. The molecular weight excluding hydrogens is 272 g/mol. The third kappa shape index (κ3) is 1.89. The molecule has 2 saturated carbocycles. The smallest absolute Gasteiger partial charge is 0.119 e. The molecule has 1 aromatic carbocycles. The van der Waals surface area contributed by atoms with Crippen LogP contribution in [0.3, 0.4) is 0 Å². The van der Waals surface area contributed by atoms with Crippen molar-refractivity contribution in [2.24, 2.45) is 17.3 Å². The number of benzene rings is 1. The summed E-state index contributed by atoms with van der Waals surface area (Å²) in [5.74, 6) is 3.20. The molecule has 0 aliphatic heterocycles. The number of methoxy groups -OCH3 is 1. The Bertz CT molecular complexity index is 594. The van der Waals surface area contributed by atoms with Crippen LogP contribution in [0.25, 0.3) is 0 Å². The van der Waals surface area contributed by atoms with E-state index in [-0.39, 0.29) is 11.5 Å². The minimum Gasteiger partial charge on any atom is -0.497 e. The lowest BCUT2D eigenvalue weighted by molar-refractivity contribution is -0.0227. The number of aliphatic hydroxyl groups excluding tert-OH is 1. The first-order chi connectivity index (χ1) is 10.5. The van der Waals surface area contributed by atoms with Crippen molar-refractivity contribution in [3.05, 3.63) is 28.8 Å². The molecular formula is C20H28O2. The third-order valence-electron chi connectivity index (χ3n) is 7.19. The van der Waals surface area contributed by atoms with Crippen LogP contribution in [-0.2, 0) is 6.42 Å². The van der Waals surface area contributed by atoms with Crippen molar-refractivity contribution in [2.75, 3.05) is 7.11 Å². The Balaban J connectivity index is 1.73. The number of hydrogen-bond acceptors (Lipinski definition) is 2. The van der Waals surface area contributed by atoms with E-state index in [2.05, 4.69) is 26.0 Å². The molecule has 0 spiro atoms. The molecule has 2 heteroatoms. The van der Waals surface area contributed by atoms with Gasteiger partial charge in [-0.1, -0.05) is 6.92 Å². The SMILES string of the molecule is COc1cc(C)c2c(c1)CC[C@@H]1[C@@H]2CC[C@]2(C)[C@@H]1CC[C@@H]2O. The van der Waals surface area contributed by atoms with E-state index in [4.69, 9.17) is 4.74 Å². The van der Waals surface area contributed by atoms with Crippen molar-refractivity contribution in [2.45, 2.75) is 64.4 Å². The van der Waals surface area contributed by atoms with E-state index in [1.165, 1.54) is 43.2 Å². The maximum Gasteiger partial charge on any atom is 0.119 e. The number of aliphatic hydroxyl groups is 1. The maximum atomic E-state index is 10.5. The van der Waals surface area contributed by atoms with Crippen molar-refractivity contribution in [1.82, 2.24) is 0 Å². The van der Waals surface area contributed by atoms with Gasteiger partial charge >= 0.3 is 0 Å². The molecule has 3 aliphatic carbocycles. The van der Waals surface area contributed by atoms with E-state index in [1.807, 2.05) is 0 Å². The Labute approximate surface area is 133 Å². The highest BCUT2D eigenvalue weighted by Gasteiger charge is 2.54. The van der Waals surface area contributed by atoms with Gasteiger partial charge in [-0.25, -0.2) is 0 Å². The van der Waals surface area contributed by atoms with Crippen LogP contribution in [0, 0.1) is 24.2 Å². The topological polar surface area (TPSA) is 29.5 Å². The van der Waals surface area contributed by atoms with Crippen LogP contribution in [-0.4, -0.2) is 18.3 Å². The molecule has 0 unspecified atom stereocenters. The van der Waals surface area contributed by atoms with Gasteiger partial charge in [0, 0.05) is 0 Å². The van der Waals surface area contributed by atoms with E-state index >= 15 is 0 Å². The molecule has 0 radical (unpaired) electrons. The van der Waals surface area contributed by atoms with E-state index < -0.39 is 0 Å². The van der Waals surface area contributed by atoms with Gasteiger partial charge in [0.2, 0.25) is 0 Å². The monoisotopic (exact) mass is 300 g/mol. The van der Waals surface area contributed by atoms with Crippen LogP contribution in [0.1, 0.15) is 61.6 Å². The molecule has 0 heterocycles. The van der Waals surface area contributed by atoms with Gasteiger partial charge in [-0.15, -0.1) is 0 Å². The first-order valence-corrected chi connectivity index (χ1v) is 8.90. The molecule has 2 fully saturated rings. The molecule has 5 atom stereocenters. The summed E-state index contributed by atoms with van der Waals surface area (Å²) in [6.07, 6.45) is 7.06. The lowest BCUT2D eigenvalue weighted by Gasteiger charge is -2.50. The fourth-order valence-corrected chi connectivity index (χ4v) is 6.03.